The highest BCUT2D eigenvalue weighted by Gasteiger charge is 2.32. The van der Waals surface area contributed by atoms with Gasteiger partial charge in [-0.2, -0.15) is 13.2 Å². The Morgan fingerprint density at radius 2 is 1.71 bits per heavy atom. The molecule has 3 aromatic rings. The lowest BCUT2D eigenvalue weighted by atomic mass is 10.2. The number of halogens is 4. The normalized spacial score (nSPS) is 14.1. The highest BCUT2D eigenvalue weighted by atomic mass is 35.5. The molecular formula is C22H20ClF3N6O3. The van der Waals surface area contributed by atoms with E-state index in [0.717, 1.165) is 36.0 Å². The standard InChI is InChI=1S/C22H20ClF3N6O3/c1-35-16-5-3-15(4-6-16)30-8-10-31(11-9-30)21-19(32(33)34)20(27-13-28-21)29-18-12-14(22(24,25)26)2-7-17(18)23/h2-7,12-13H,8-11H2,1H3,(H,27,28,29). The second-order valence-electron chi connectivity index (χ2n) is 7.64. The Morgan fingerprint density at radius 1 is 1.06 bits per heavy atom. The lowest BCUT2D eigenvalue weighted by molar-refractivity contribution is -0.383. The number of alkyl halides is 3. The monoisotopic (exact) mass is 508 g/mol. The zero-order valence-electron chi connectivity index (χ0n) is 18.4. The molecule has 2 heterocycles. The zero-order chi connectivity index (χ0) is 25.2. The molecule has 1 N–H and O–H groups in total. The van der Waals surface area contributed by atoms with Gasteiger partial charge in [-0.05, 0) is 42.5 Å². The molecule has 1 aromatic heterocycles. The summed E-state index contributed by atoms with van der Waals surface area (Å²) >= 11 is 6.04. The van der Waals surface area contributed by atoms with E-state index >= 15 is 0 Å². The number of methoxy groups -OCH3 is 1. The van der Waals surface area contributed by atoms with Gasteiger partial charge in [0.2, 0.25) is 11.6 Å². The average Bonchev–Trinajstić information content (AvgIpc) is 2.84. The topological polar surface area (TPSA) is 96.7 Å². The van der Waals surface area contributed by atoms with Crippen LogP contribution in [0, 0.1) is 10.1 Å². The fourth-order valence-electron chi connectivity index (χ4n) is 3.75. The predicted octanol–water partition coefficient (Wildman–Crippen LogP) is 5.14. The minimum Gasteiger partial charge on any atom is -0.497 e. The Balaban J connectivity index is 1.57. The number of nitrogens with one attached hydrogen (secondary N) is 1. The van der Waals surface area contributed by atoms with Crippen LogP contribution in [0.5, 0.6) is 5.75 Å². The smallest absolute Gasteiger partial charge is 0.416 e. The maximum atomic E-state index is 13.1. The third-order valence-electron chi connectivity index (χ3n) is 5.55. The van der Waals surface area contributed by atoms with Gasteiger partial charge < -0.3 is 19.9 Å². The number of rotatable bonds is 6. The SMILES string of the molecule is COc1ccc(N2CCN(c3ncnc(Nc4cc(C(F)(F)F)ccc4Cl)c3[N+](=O)[O-])CC2)cc1. The summed E-state index contributed by atoms with van der Waals surface area (Å²) in [5, 5.41) is 14.5. The van der Waals surface area contributed by atoms with Gasteiger partial charge in [-0.3, -0.25) is 10.1 Å². The lowest BCUT2D eigenvalue weighted by Crippen LogP contribution is -2.47. The van der Waals surface area contributed by atoms with Gasteiger partial charge >= 0.3 is 11.9 Å². The number of benzene rings is 2. The van der Waals surface area contributed by atoms with Crippen LogP contribution in [0.4, 0.5) is 41.9 Å². The number of ether oxygens (including phenoxy) is 1. The maximum absolute atomic E-state index is 13.1. The molecule has 13 heteroatoms. The van der Waals surface area contributed by atoms with Crippen molar-refractivity contribution < 1.29 is 22.8 Å². The van der Waals surface area contributed by atoms with Crippen LogP contribution < -0.4 is 19.9 Å². The maximum Gasteiger partial charge on any atom is 0.416 e. The van der Waals surface area contributed by atoms with Gasteiger partial charge in [0.25, 0.3) is 0 Å². The molecule has 0 amide bonds. The lowest BCUT2D eigenvalue weighted by Gasteiger charge is -2.36. The van der Waals surface area contributed by atoms with Crippen molar-refractivity contribution in [2.45, 2.75) is 6.18 Å². The van der Waals surface area contributed by atoms with Gasteiger partial charge in [0.1, 0.15) is 12.1 Å². The summed E-state index contributed by atoms with van der Waals surface area (Å²) in [7, 11) is 1.59. The van der Waals surface area contributed by atoms with Crippen LogP contribution in [0.1, 0.15) is 5.56 Å². The van der Waals surface area contributed by atoms with Gasteiger partial charge in [-0.25, -0.2) is 9.97 Å². The van der Waals surface area contributed by atoms with E-state index in [4.69, 9.17) is 16.3 Å². The van der Waals surface area contributed by atoms with Gasteiger partial charge in [0.15, 0.2) is 0 Å². The van der Waals surface area contributed by atoms with E-state index in [1.807, 2.05) is 24.3 Å². The second-order valence-corrected chi connectivity index (χ2v) is 8.05. The minimum atomic E-state index is -4.60. The molecule has 4 rings (SSSR count). The fraction of sp³-hybridized carbons (Fsp3) is 0.273. The largest absolute Gasteiger partial charge is 0.497 e. The molecule has 0 atom stereocenters. The van der Waals surface area contributed by atoms with E-state index in [1.165, 1.54) is 0 Å². The molecular weight excluding hydrogens is 489 g/mol. The molecule has 0 unspecified atom stereocenters. The van der Waals surface area contributed by atoms with Crippen LogP contribution >= 0.6 is 11.6 Å². The second kappa shape index (κ2) is 9.82. The summed E-state index contributed by atoms with van der Waals surface area (Å²) in [5.41, 5.74) is -0.558. The van der Waals surface area contributed by atoms with Crippen LogP contribution in [0.15, 0.2) is 48.8 Å². The molecule has 0 aliphatic carbocycles. The van der Waals surface area contributed by atoms with Crippen molar-refractivity contribution in [1.29, 1.82) is 0 Å². The molecule has 184 valence electrons. The van der Waals surface area contributed by atoms with Crippen LogP contribution in [0.2, 0.25) is 5.02 Å². The van der Waals surface area contributed by atoms with Gasteiger partial charge in [-0.15, -0.1) is 0 Å². The fourth-order valence-corrected chi connectivity index (χ4v) is 3.92. The third kappa shape index (κ3) is 5.32. The molecule has 0 saturated carbocycles. The average molecular weight is 509 g/mol. The van der Waals surface area contributed by atoms with Crippen molar-refractivity contribution in [1.82, 2.24) is 9.97 Å². The first-order chi connectivity index (χ1) is 16.7. The minimum absolute atomic E-state index is 0.0411. The van der Waals surface area contributed by atoms with Crippen LogP contribution in [-0.2, 0) is 6.18 Å². The van der Waals surface area contributed by atoms with E-state index in [2.05, 4.69) is 20.2 Å². The molecule has 35 heavy (non-hydrogen) atoms. The van der Waals surface area contributed by atoms with E-state index in [-0.39, 0.29) is 22.3 Å². The molecule has 2 aromatic carbocycles. The first kappa shape index (κ1) is 24.3. The van der Waals surface area contributed by atoms with Crippen molar-refractivity contribution in [3.63, 3.8) is 0 Å². The van der Waals surface area contributed by atoms with Crippen LogP contribution in [-0.4, -0.2) is 48.2 Å². The number of piperazine rings is 1. The number of anilines is 4. The Hall–Kier alpha value is -3.80. The Kier molecular flexibility index (Phi) is 6.83. The summed E-state index contributed by atoms with van der Waals surface area (Å²) in [6.45, 7) is 2.03. The zero-order valence-corrected chi connectivity index (χ0v) is 19.2. The molecule has 1 aliphatic heterocycles. The predicted molar refractivity (Wildman–Crippen MR) is 126 cm³/mol. The summed E-state index contributed by atoms with van der Waals surface area (Å²) in [4.78, 5) is 23.2. The van der Waals surface area contributed by atoms with Gasteiger partial charge in [0, 0.05) is 31.9 Å². The van der Waals surface area contributed by atoms with E-state index in [1.54, 1.807) is 12.0 Å². The number of hydrogen-bond donors (Lipinski definition) is 1. The van der Waals surface area contributed by atoms with Gasteiger partial charge in [0.05, 0.1) is 28.3 Å². The summed E-state index contributed by atoms with van der Waals surface area (Å²) in [5.74, 6) is 0.564. The molecule has 0 bridgehead atoms. The van der Waals surface area contributed by atoms with E-state index < -0.39 is 22.4 Å². The van der Waals surface area contributed by atoms with Crippen molar-refractivity contribution >= 4 is 40.3 Å². The van der Waals surface area contributed by atoms with Crippen molar-refractivity contribution in [3.05, 3.63) is 69.5 Å². The number of nitro groups is 1. The molecule has 0 spiro atoms. The van der Waals surface area contributed by atoms with Crippen molar-refractivity contribution in [3.8, 4) is 5.75 Å². The number of nitrogens with zero attached hydrogens (tertiary/aromatic N) is 5. The van der Waals surface area contributed by atoms with Crippen molar-refractivity contribution in [2.75, 3.05) is 48.4 Å². The quantitative estimate of drug-likeness (QED) is 0.361. The molecule has 1 aliphatic rings. The summed E-state index contributed by atoms with van der Waals surface area (Å²) in [6, 6.07) is 10.3. The molecule has 1 fully saturated rings. The van der Waals surface area contributed by atoms with Crippen molar-refractivity contribution in [2.24, 2.45) is 0 Å². The van der Waals surface area contributed by atoms with Gasteiger partial charge in [-0.1, -0.05) is 11.6 Å². The first-order valence-electron chi connectivity index (χ1n) is 10.4. The highest BCUT2D eigenvalue weighted by molar-refractivity contribution is 6.33. The Morgan fingerprint density at radius 3 is 2.31 bits per heavy atom. The summed E-state index contributed by atoms with van der Waals surface area (Å²) < 4.78 is 44.5. The highest BCUT2D eigenvalue weighted by Crippen LogP contribution is 2.38. The third-order valence-corrected chi connectivity index (χ3v) is 5.88. The summed E-state index contributed by atoms with van der Waals surface area (Å²) in [6.07, 6.45) is -3.48. The number of hydrogen-bond acceptors (Lipinski definition) is 8. The van der Waals surface area contributed by atoms with Crippen LogP contribution in [0.25, 0.3) is 0 Å². The first-order valence-corrected chi connectivity index (χ1v) is 10.8. The van der Waals surface area contributed by atoms with Crippen LogP contribution in [0.3, 0.4) is 0 Å². The Bertz CT molecular complexity index is 1220. The number of aromatic nitrogens is 2. The Labute approximate surface area is 203 Å². The van der Waals surface area contributed by atoms with E-state index in [9.17, 15) is 23.3 Å². The molecule has 1 saturated heterocycles. The molecule has 9 nitrogen and oxygen atoms in total. The molecule has 0 radical (unpaired) electrons. The van der Waals surface area contributed by atoms with E-state index in [0.29, 0.717) is 26.2 Å².